The first-order chi connectivity index (χ1) is 11.0. The number of nitrogens with two attached hydrogens (primary N) is 1. The van der Waals surface area contributed by atoms with Crippen LogP contribution in [0.2, 0.25) is 5.02 Å². The summed E-state index contributed by atoms with van der Waals surface area (Å²) in [4.78, 5) is 12.7. The lowest BCUT2D eigenvalue weighted by Gasteiger charge is -2.40. The monoisotopic (exact) mass is 359 g/mol. The second-order valence-electron chi connectivity index (χ2n) is 5.47. The highest BCUT2D eigenvalue weighted by Gasteiger charge is 2.41. The van der Waals surface area contributed by atoms with Gasteiger partial charge >= 0.3 is 5.97 Å². The average Bonchev–Trinajstić information content (AvgIpc) is 2.55. The molecule has 0 aromatic heterocycles. The van der Waals surface area contributed by atoms with Crippen molar-refractivity contribution in [3.63, 3.8) is 0 Å². The average molecular weight is 360 g/mol. The molecule has 128 valence electrons. The molecule has 0 saturated carbocycles. The van der Waals surface area contributed by atoms with Crippen molar-refractivity contribution in [1.29, 1.82) is 0 Å². The number of halogens is 1. The van der Waals surface area contributed by atoms with Crippen molar-refractivity contribution in [2.45, 2.75) is 30.1 Å². The number of esters is 1. The van der Waals surface area contributed by atoms with Gasteiger partial charge in [0, 0.05) is 28.7 Å². The number of benzene rings is 1. The highest BCUT2D eigenvalue weighted by atomic mass is 35.5. The molecule has 4 atom stereocenters. The summed E-state index contributed by atoms with van der Waals surface area (Å²) in [6.07, 6.45) is -0.901. The lowest BCUT2D eigenvalue weighted by atomic mass is 9.94. The predicted octanol–water partition coefficient (Wildman–Crippen LogP) is 2.35. The first-order valence-electron chi connectivity index (χ1n) is 7.47. The second-order valence-corrected chi connectivity index (χ2v) is 7.00. The van der Waals surface area contributed by atoms with Gasteiger partial charge < -0.3 is 19.9 Å². The number of methoxy groups -OCH3 is 1. The van der Waals surface area contributed by atoms with Crippen LogP contribution >= 0.6 is 23.4 Å². The number of carbonyl (C=O) groups excluding carboxylic acids is 1. The van der Waals surface area contributed by atoms with Crippen molar-refractivity contribution in [2.75, 3.05) is 26.0 Å². The van der Waals surface area contributed by atoms with Gasteiger partial charge in [0.15, 0.2) is 6.10 Å². The molecule has 1 saturated heterocycles. The van der Waals surface area contributed by atoms with E-state index in [1.54, 1.807) is 18.9 Å². The van der Waals surface area contributed by atoms with Crippen molar-refractivity contribution in [2.24, 2.45) is 11.7 Å². The fourth-order valence-corrected chi connectivity index (χ4v) is 3.66. The van der Waals surface area contributed by atoms with Gasteiger partial charge in [0.25, 0.3) is 0 Å². The Bertz CT molecular complexity index is 513. The minimum absolute atomic E-state index is 0.146. The number of ether oxygens (including phenoxy) is 3. The largest absolute Gasteiger partial charge is 0.456 e. The summed E-state index contributed by atoms with van der Waals surface area (Å²) in [5, 5.41) is 0.700. The van der Waals surface area contributed by atoms with Gasteiger partial charge in [0.2, 0.25) is 0 Å². The van der Waals surface area contributed by atoms with Crippen LogP contribution in [0, 0.1) is 5.92 Å². The predicted molar refractivity (Wildman–Crippen MR) is 90.8 cm³/mol. The zero-order chi connectivity index (χ0) is 16.8. The Labute approximate surface area is 145 Å². The molecule has 0 aliphatic carbocycles. The number of hydrogen-bond acceptors (Lipinski definition) is 6. The molecule has 1 heterocycles. The molecule has 1 aliphatic rings. The Morgan fingerprint density at radius 1 is 1.39 bits per heavy atom. The van der Waals surface area contributed by atoms with Gasteiger partial charge in [-0.05, 0) is 24.3 Å². The molecular formula is C16H22ClNO4S. The van der Waals surface area contributed by atoms with E-state index < -0.39 is 12.1 Å². The molecule has 2 N–H and O–H groups in total. The molecule has 0 amide bonds. The van der Waals surface area contributed by atoms with Crippen LogP contribution in [0.5, 0.6) is 0 Å². The van der Waals surface area contributed by atoms with E-state index in [9.17, 15) is 4.79 Å². The molecule has 0 bridgehead atoms. The molecule has 23 heavy (non-hydrogen) atoms. The third kappa shape index (κ3) is 5.09. The first kappa shape index (κ1) is 18.5. The summed E-state index contributed by atoms with van der Waals surface area (Å²) in [5.41, 5.74) is 5.36. The molecule has 1 aromatic carbocycles. The molecule has 7 heteroatoms. The third-order valence-electron chi connectivity index (χ3n) is 3.76. The quantitative estimate of drug-likeness (QED) is 0.621. The topological polar surface area (TPSA) is 70.8 Å². The molecule has 0 unspecified atom stereocenters. The van der Waals surface area contributed by atoms with Crippen molar-refractivity contribution >= 4 is 29.3 Å². The van der Waals surface area contributed by atoms with Crippen LogP contribution in [0.4, 0.5) is 0 Å². The SMILES string of the molecule is CO[C@@H]1[C@@H](OC(=O)CN)[C@H](CSc2ccc(Cl)cc2)OC[C@@H]1C. The maximum absolute atomic E-state index is 11.6. The van der Waals surface area contributed by atoms with E-state index in [2.05, 4.69) is 0 Å². The third-order valence-corrected chi connectivity index (χ3v) is 5.11. The van der Waals surface area contributed by atoms with Crippen molar-refractivity contribution in [3.05, 3.63) is 29.3 Å². The molecule has 1 aliphatic heterocycles. The standard InChI is InChI=1S/C16H22ClNO4S/c1-10-8-21-13(9-23-12-5-3-11(17)4-6-12)16(15(10)20-2)22-14(19)7-18/h3-6,10,13,15-16H,7-9,18H2,1-2H3/t10-,13-,15-,16-/m0/s1. The molecule has 5 nitrogen and oxygen atoms in total. The van der Waals surface area contributed by atoms with E-state index in [1.807, 2.05) is 31.2 Å². The molecule has 1 aromatic rings. The van der Waals surface area contributed by atoms with Gasteiger partial charge in [0.05, 0.1) is 13.2 Å². The smallest absolute Gasteiger partial charge is 0.320 e. The Morgan fingerprint density at radius 3 is 2.70 bits per heavy atom. The van der Waals surface area contributed by atoms with Gasteiger partial charge in [-0.25, -0.2) is 0 Å². The Morgan fingerprint density at radius 2 is 2.09 bits per heavy atom. The van der Waals surface area contributed by atoms with Crippen LogP contribution in [0.25, 0.3) is 0 Å². The first-order valence-corrected chi connectivity index (χ1v) is 8.83. The van der Waals surface area contributed by atoms with Gasteiger partial charge in [-0.15, -0.1) is 11.8 Å². The number of hydrogen-bond donors (Lipinski definition) is 1. The number of rotatable bonds is 6. The second kappa shape index (κ2) is 8.89. The fraction of sp³-hybridized carbons (Fsp3) is 0.562. The fourth-order valence-electron chi connectivity index (χ4n) is 2.56. The van der Waals surface area contributed by atoms with Crippen LogP contribution in [0.15, 0.2) is 29.2 Å². The number of carbonyl (C=O) groups is 1. The van der Waals surface area contributed by atoms with Crippen LogP contribution in [0.3, 0.4) is 0 Å². The number of thioether (sulfide) groups is 1. The highest BCUT2D eigenvalue weighted by Crippen LogP contribution is 2.30. The van der Waals surface area contributed by atoms with Crippen LogP contribution < -0.4 is 5.73 Å². The summed E-state index contributed by atoms with van der Waals surface area (Å²) < 4.78 is 16.9. The summed E-state index contributed by atoms with van der Waals surface area (Å²) in [7, 11) is 1.62. The maximum atomic E-state index is 11.6. The Kier molecular flexibility index (Phi) is 7.17. The lowest BCUT2D eigenvalue weighted by Crippen LogP contribution is -2.53. The summed E-state index contributed by atoms with van der Waals surface area (Å²) >= 11 is 7.52. The van der Waals surface area contributed by atoms with Crippen LogP contribution in [-0.4, -0.2) is 50.3 Å². The van der Waals surface area contributed by atoms with Crippen molar-refractivity contribution in [1.82, 2.24) is 0 Å². The molecule has 1 fully saturated rings. The minimum atomic E-state index is -0.459. The molecule has 0 spiro atoms. The molecule has 0 radical (unpaired) electrons. The molecular weight excluding hydrogens is 338 g/mol. The Balaban J connectivity index is 2.03. The normalized spacial score (nSPS) is 27.7. The zero-order valence-electron chi connectivity index (χ0n) is 13.2. The summed E-state index contributed by atoms with van der Waals surface area (Å²) in [6.45, 7) is 2.43. The van der Waals surface area contributed by atoms with E-state index >= 15 is 0 Å². The van der Waals surface area contributed by atoms with Crippen molar-refractivity contribution < 1.29 is 19.0 Å². The minimum Gasteiger partial charge on any atom is -0.456 e. The van der Waals surface area contributed by atoms with E-state index in [0.717, 1.165) is 4.90 Å². The molecule has 2 rings (SSSR count). The summed E-state index contributed by atoms with van der Waals surface area (Å²) in [5.74, 6) is 0.347. The highest BCUT2D eigenvalue weighted by molar-refractivity contribution is 7.99. The van der Waals surface area contributed by atoms with Crippen LogP contribution in [0.1, 0.15) is 6.92 Å². The summed E-state index contributed by atoms with van der Waals surface area (Å²) in [6, 6.07) is 7.59. The van der Waals surface area contributed by atoms with Gasteiger partial charge in [-0.1, -0.05) is 18.5 Å². The van der Waals surface area contributed by atoms with Crippen LogP contribution in [-0.2, 0) is 19.0 Å². The lowest BCUT2D eigenvalue weighted by molar-refractivity contribution is -0.193. The van der Waals surface area contributed by atoms with Gasteiger partial charge in [-0.3, -0.25) is 4.79 Å². The van der Waals surface area contributed by atoms with E-state index in [-0.39, 0.29) is 24.7 Å². The van der Waals surface area contributed by atoms with E-state index in [1.165, 1.54) is 0 Å². The van der Waals surface area contributed by atoms with Crippen molar-refractivity contribution in [3.8, 4) is 0 Å². The zero-order valence-corrected chi connectivity index (χ0v) is 14.8. The van der Waals surface area contributed by atoms with E-state index in [4.69, 9.17) is 31.5 Å². The maximum Gasteiger partial charge on any atom is 0.320 e. The van der Waals surface area contributed by atoms with E-state index in [0.29, 0.717) is 17.4 Å². The Hall–Kier alpha value is -0.790. The van der Waals surface area contributed by atoms with Gasteiger partial charge in [-0.2, -0.15) is 0 Å². The van der Waals surface area contributed by atoms with Gasteiger partial charge in [0.1, 0.15) is 12.2 Å².